The first-order chi connectivity index (χ1) is 72.7. The average molecular weight is 1880 g/mol. The van der Waals surface area contributed by atoms with Crippen molar-refractivity contribution in [2.45, 2.75) is 19.3 Å². The standard InChI is InChI=1S/C35H23N3.C34H25N3.2C33H21N3/c1-4-14-24(15-5-1)31-27-20-10-12-22-29(27)32(30-23-13-11-21-28(30)31)35-37-33(25-16-6-2-7-17-25)36-34(38-35)26-18-8-3-9-19-26;1-34(2)28-20-18-22-11-9-10-16-26(22)30(28)27-19-17-25(21-29(27)34)33-36-31(23-12-5-3-6-13-23)35-32(37-33)24-14-7-4-8-15-24;1-3-12-23(13-4-1)31-34-32(24-14-5-2-6-15-24)36-33(35-31)30-21-29-25-16-8-7-11-22(25)19-20-28(29)26-17-9-10-18-27(26)30;1-3-11-22(12-4-1)31-34-32(23-13-5-2-6-14-23)36-33(35-31)24-19-20-29-27-17-8-7-15-25(27)26-16-9-10-18-28(26)30(29)21-24/h1-23H;3-21H,1-2H3;2*1-21H. The van der Waals surface area contributed by atoms with Crippen molar-refractivity contribution in [2.24, 2.45) is 0 Å². The molecule has 28 rings (SSSR count). The van der Waals surface area contributed by atoms with E-state index >= 15 is 0 Å². The molecule has 0 radical (unpaired) electrons. The van der Waals surface area contributed by atoms with E-state index in [1.54, 1.807) is 0 Å². The molecular formula is C135H90N12. The van der Waals surface area contributed by atoms with E-state index in [-0.39, 0.29) is 5.41 Å². The molecule has 0 N–H and O–H groups in total. The minimum absolute atomic E-state index is 0.123. The second kappa shape index (κ2) is 38.8. The highest BCUT2D eigenvalue weighted by Gasteiger charge is 2.37. The molecule has 0 saturated carbocycles. The Kier molecular flexibility index (Phi) is 23.4. The van der Waals surface area contributed by atoms with Crippen LogP contribution in [0, 0.1) is 0 Å². The predicted octanol–water partition coefficient (Wildman–Crippen LogP) is 33.8. The number of benzene rings is 23. The lowest BCUT2D eigenvalue weighted by atomic mass is 9.81. The molecule has 147 heavy (non-hydrogen) atoms. The van der Waals surface area contributed by atoms with E-state index in [0.717, 1.165) is 82.9 Å². The Labute approximate surface area is 849 Å². The van der Waals surface area contributed by atoms with Crippen LogP contribution >= 0.6 is 0 Å². The number of nitrogens with zero attached hydrogens (tertiary/aromatic N) is 12. The van der Waals surface area contributed by atoms with Crippen molar-refractivity contribution in [1.29, 1.82) is 0 Å². The Morgan fingerprint density at radius 3 is 0.735 bits per heavy atom. The summed E-state index contributed by atoms with van der Waals surface area (Å²) in [5.41, 5.74) is 19.3. The van der Waals surface area contributed by atoms with Gasteiger partial charge in [-0.15, -0.1) is 0 Å². The van der Waals surface area contributed by atoms with E-state index in [9.17, 15) is 0 Å². The Hall–Kier alpha value is -19.6. The van der Waals surface area contributed by atoms with Crippen LogP contribution in [0.3, 0.4) is 0 Å². The highest BCUT2D eigenvalue weighted by molar-refractivity contribution is 6.26. The number of fused-ring (bicyclic) bond motifs is 18. The molecule has 4 heterocycles. The van der Waals surface area contributed by atoms with E-state index in [2.05, 4.69) is 281 Å². The van der Waals surface area contributed by atoms with E-state index in [4.69, 9.17) is 59.8 Å². The minimum atomic E-state index is -0.123. The summed E-state index contributed by atoms with van der Waals surface area (Å²) in [5.74, 6) is 8.06. The van der Waals surface area contributed by atoms with Crippen molar-refractivity contribution < 1.29 is 0 Å². The smallest absolute Gasteiger partial charge is 0.165 e. The van der Waals surface area contributed by atoms with E-state index in [1.165, 1.54) is 114 Å². The molecule has 4 aromatic heterocycles. The van der Waals surface area contributed by atoms with Crippen LogP contribution in [-0.4, -0.2) is 59.8 Å². The van der Waals surface area contributed by atoms with Crippen LogP contribution in [0.5, 0.6) is 0 Å². The fourth-order valence-electron chi connectivity index (χ4n) is 20.7. The molecule has 23 aromatic carbocycles. The van der Waals surface area contributed by atoms with Gasteiger partial charge in [0.15, 0.2) is 69.9 Å². The van der Waals surface area contributed by atoms with E-state index in [0.29, 0.717) is 69.9 Å². The Morgan fingerprint density at radius 2 is 0.361 bits per heavy atom. The summed E-state index contributed by atoms with van der Waals surface area (Å²) in [6.07, 6.45) is 0. The van der Waals surface area contributed by atoms with Gasteiger partial charge in [0.2, 0.25) is 0 Å². The molecule has 27 aromatic rings. The zero-order chi connectivity index (χ0) is 98.1. The summed E-state index contributed by atoms with van der Waals surface area (Å²) >= 11 is 0. The number of hydrogen-bond acceptors (Lipinski definition) is 12. The van der Waals surface area contributed by atoms with E-state index in [1.807, 2.05) is 243 Å². The normalized spacial score (nSPS) is 11.8. The zero-order valence-electron chi connectivity index (χ0n) is 80.4. The fraction of sp³-hybridized carbons (Fsp3) is 0.0222. The minimum Gasteiger partial charge on any atom is -0.208 e. The molecule has 1 aliphatic carbocycles. The topological polar surface area (TPSA) is 155 Å². The molecular weight excluding hydrogens is 1790 g/mol. The van der Waals surface area contributed by atoms with Gasteiger partial charge >= 0.3 is 0 Å². The largest absolute Gasteiger partial charge is 0.208 e. The van der Waals surface area contributed by atoms with Crippen LogP contribution in [0.15, 0.2) is 510 Å². The zero-order valence-corrected chi connectivity index (χ0v) is 80.4. The monoisotopic (exact) mass is 1880 g/mol. The van der Waals surface area contributed by atoms with Crippen LogP contribution in [0.2, 0.25) is 0 Å². The van der Waals surface area contributed by atoms with E-state index < -0.39 is 0 Å². The Bertz CT molecular complexity index is 9350. The summed E-state index contributed by atoms with van der Waals surface area (Å²) in [7, 11) is 0. The summed E-state index contributed by atoms with van der Waals surface area (Å²) in [6.45, 7) is 4.63. The SMILES string of the molecule is CC1(C)c2cc(-c3nc(-c4ccccc4)nc(-c4ccccc4)n3)ccc2-c2c1ccc1ccccc21.c1ccc(-c2nc(-c3ccccc3)nc(-c3c4ccccc4c(-c4ccccc4)c4ccccc34)n2)cc1.c1ccc(-c2nc(-c3ccccc3)nc(-c3cc4c5ccccc5ccc4c4ccccc34)n2)cc1.c1ccc(-c2nc(-c3ccccc3)nc(-c3ccc4c5ccccc5c5ccccc5c4c3)n2)cc1. The fourth-order valence-corrected chi connectivity index (χ4v) is 20.7. The van der Waals surface area contributed by atoms with Gasteiger partial charge in [-0.25, -0.2) is 59.8 Å². The molecule has 0 spiro atoms. The molecule has 0 saturated heterocycles. The third kappa shape index (κ3) is 17.2. The van der Waals surface area contributed by atoms with Gasteiger partial charge in [-0.2, -0.15) is 0 Å². The predicted molar refractivity (Wildman–Crippen MR) is 605 cm³/mol. The summed E-state index contributed by atoms with van der Waals surface area (Å²) in [6, 6.07) is 176. The molecule has 0 bridgehead atoms. The summed E-state index contributed by atoms with van der Waals surface area (Å²) in [5, 5.41) is 21.8. The summed E-state index contributed by atoms with van der Waals surface area (Å²) < 4.78 is 0. The summed E-state index contributed by atoms with van der Waals surface area (Å²) in [4.78, 5) is 59.4. The maximum absolute atomic E-state index is 5.08. The molecule has 0 amide bonds. The van der Waals surface area contributed by atoms with Gasteiger partial charge in [-0.1, -0.05) is 505 Å². The van der Waals surface area contributed by atoms with Crippen molar-refractivity contribution >= 4 is 97.0 Å². The van der Waals surface area contributed by atoms with Gasteiger partial charge in [0.1, 0.15) is 0 Å². The second-order valence-electron chi connectivity index (χ2n) is 37.2. The average Bonchev–Trinajstić information content (AvgIpc) is 1.59. The van der Waals surface area contributed by atoms with Crippen molar-refractivity contribution in [2.75, 3.05) is 0 Å². The van der Waals surface area contributed by atoms with Crippen LogP contribution in [0.1, 0.15) is 25.0 Å². The van der Waals surface area contributed by atoms with Crippen LogP contribution in [0.4, 0.5) is 0 Å². The highest BCUT2D eigenvalue weighted by Crippen LogP contribution is 2.53. The van der Waals surface area contributed by atoms with Crippen LogP contribution in [0.25, 0.3) is 256 Å². The number of hydrogen-bond donors (Lipinski definition) is 0. The third-order valence-corrected chi connectivity index (χ3v) is 27.8. The van der Waals surface area contributed by atoms with Gasteiger partial charge in [0, 0.05) is 72.2 Å². The second-order valence-corrected chi connectivity index (χ2v) is 37.2. The maximum Gasteiger partial charge on any atom is 0.165 e. The quantitative estimate of drug-likeness (QED) is 0.0797. The molecule has 0 unspecified atom stereocenters. The van der Waals surface area contributed by atoms with Crippen molar-refractivity contribution in [3.63, 3.8) is 0 Å². The first kappa shape index (κ1) is 88.8. The van der Waals surface area contributed by atoms with Crippen LogP contribution in [-0.2, 0) is 5.41 Å². The molecule has 690 valence electrons. The lowest BCUT2D eigenvalue weighted by Crippen LogP contribution is -2.15. The number of aromatic nitrogens is 12. The van der Waals surface area contributed by atoms with Gasteiger partial charge in [0.25, 0.3) is 0 Å². The first-order valence-corrected chi connectivity index (χ1v) is 49.5. The number of rotatable bonds is 13. The molecule has 12 heteroatoms. The Morgan fingerprint density at radius 1 is 0.122 bits per heavy atom. The van der Waals surface area contributed by atoms with Gasteiger partial charge in [0.05, 0.1) is 0 Å². The molecule has 0 fully saturated rings. The molecule has 0 aliphatic heterocycles. The lowest BCUT2D eigenvalue weighted by Gasteiger charge is -2.22. The van der Waals surface area contributed by atoms with Crippen molar-refractivity contribution in [3.05, 3.63) is 521 Å². The van der Waals surface area contributed by atoms with Gasteiger partial charge in [-0.3, -0.25) is 0 Å². The van der Waals surface area contributed by atoms with Gasteiger partial charge < -0.3 is 0 Å². The molecule has 0 atom stereocenters. The molecule has 1 aliphatic rings. The first-order valence-electron chi connectivity index (χ1n) is 49.5. The Balaban J connectivity index is 0.000000102. The third-order valence-electron chi connectivity index (χ3n) is 27.8. The van der Waals surface area contributed by atoms with Crippen molar-refractivity contribution in [3.8, 4) is 159 Å². The molecule has 12 nitrogen and oxygen atoms in total. The maximum atomic E-state index is 5.08. The lowest BCUT2D eigenvalue weighted by molar-refractivity contribution is 0.661. The highest BCUT2D eigenvalue weighted by atomic mass is 15.1. The van der Waals surface area contributed by atoms with Gasteiger partial charge in [-0.05, 0) is 149 Å². The van der Waals surface area contributed by atoms with Crippen LogP contribution < -0.4 is 0 Å². The van der Waals surface area contributed by atoms with Crippen molar-refractivity contribution in [1.82, 2.24) is 59.8 Å².